The van der Waals surface area contributed by atoms with Crippen molar-refractivity contribution in [2.24, 2.45) is 0 Å². The van der Waals surface area contributed by atoms with E-state index in [2.05, 4.69) is 0 Å². The first-order valence-electron chi connectivity index (χ1n) is 5.85. The van der Waals surface area contributed by atoms with Gasteiger partial charge in [-0.25, -0.2) is 0 Å². The number of ketones is 1. The molecule has 0 aliphatic carbocycles. The lowest BCUT2D eigenvalue weighted by molar-refractivity contribution is 0.102. The molecule has 18 heavy (non-hydrogen) atoms. The minimum absolute atomic E-state index is 0.165. The number of benzene rings is 1. The predicted molar refractivity (Wildman–Crippen MR) is 74.4 cm³/mol. The van der Waals surface area contributed by atoms with Crippen molar-refractivity contribution in [2.75, 3.05) is 5.75 Å². The Bertz CT molecular complexity index is 570. The van der Waals surface area contributed by atoms with Crippen molar-refractivity contribution >= 4 is 17.5 Å². The number of thioether (sulfide) groups is 1. The van der Waals surface area contributed by atoms with Gasteiger partial charge in [-0.05, 0) is 32.4 Å². The summed E-state index contributed by atoms with van der Waals surface area (Å²) in [5.41, 5.74) is 3.04. The molecule has 0 spiro atoms. The van der Waals surface area contributed by atoms with Gasteiger partial charge in [0.1, 0.15) is 5.76 Å². The van der Waals surface area contributed by atoms with Gasteiger partial charge in [-0.2, -0.15) is 0 Å². The van der Waals surface area contributed by atoms with E-state index in [9.17, 15) is 4.79 Å². The first-order valence-corrected chi connectivity index (χ1v) is 6.84. The Balaban J connectivity index is 2.06. The van der Waals surface area contributed by atoms with E-state index in [4.69, 9.17) is 4.42 Å². The van der Waals surface area contributed by atoms with Crippen LogP contribution >= 0.6 is 11.8 Å². The summed E-state index contributed by atoms with van der Waals surface area (Å²) in [5, 5.41) is 0. The van der Waals surface area contributed by atoms with Gasteiger partial charge < -0.3 is 4.42 Å². The number of Topliss-reactive ketones (excluding diaryl/α,β-unsaturated/α-hetero) is 1. The zero-order valence-electron chi connectivity index (χ0n) is 10.8. The van der Waals surface area contributed by atoms with E-state index < -0.39 is 0 Å². The molecule has 1 aromatic heterocycles. The largest absolute Gasteiger partial charge is 0.468 e. The smallest absolute Gasteiger partial charge is 0.173 e. The summed E-state index contributed by atoms with van der Waals surface area (Å²) < 4.78 is 5.21. The second kappa shape index (κ2) is 5.44. The maximum absolute atomic E-state index is 12.1. The van der Waals surface area contributed by atoms with Gasteiger partial charge in [0.2, 0.25) is 0 Å². The molecule has 2 rings (SSSR count). The van der Waals surface area contributed by atoms with Gasteiger partial charge in [-0.15, -0.1) is 11.8 Å². The monoisotopic (exact) mass is 260 g/mol. The molecule has 0 saturated heterocycles. The van der Waals surface area contributed by atoms with Crippen LogP contribution in [0.2, 0.25) is 0 Å². The van der Waals surface area contributed by atoms with E-state index in [0.717, 1.165) is 21.8 Å². The summed E-state index contributed by atoms with van der Waals surface area (Å²) in [6.07, 6.45) is 1.65. The van der Waals surface area contributed by atoms with Gasteiger partial charge in [0.15, 0.2) is 5.78 Å². The van der Waals surface area contributed by atoms with E-state index in [-0.39, 0.29) is 5.78 Å². The molecule has 0 N–H and O–H groups in total. The molecular formula is C15H16O2S. The summed E-state index contributed by atoms with van der Waals surface area (Å²) in [7, 11) is 0. The van der Waals surface area contributed by atoms with Crippen LogP contribution in [0.25, 0.3) is 0 Å². The number of rotatable bonds is 4. The molecule has 3 heteroatoms. The van der Waals surface area contributed by atoms with Crippen LogP contribution in [0.3, 0.4) is 0 Å². The lowest BCUT2D eigenvalue weighted by atomic mass is 10.0. The molecule has 1 aromatic carbocycles. The summed E-state index contributed by atoms with van der Waals surface area (Å²) in [6.45, 7) is 5.92. The van der Waals surface area contributed by atoms with Crippen LogP contribution in [0.4, 0.5) is 0 Å². The Kier molecular flexibility index (Phi) is 3.92. The molecule has 0 unspecified atom stereocenters. The second-order valence-corrected chi connectivity index (χ2v) is 5.39. The van der Waals surface area contributed by atoms with Crippen molar-refractivity contribution < 1.29 is 9.21 Å². The zero-order valence-corrected chi connectivity index (χ0v) is 11.6. The van der Waals surface area contributed by atoms with Crippen LogP contribution in [0, 0.1) is 20.8 Å². The van der Waals surface area contributed by atoms with Crippen molar-refractivity contribution in [2.45, 2.75) is 25.7 Å². The molecule has 0 saturated carbocycles. The maximum Gasteiger partial charge on any atom is 0.173 e. The van der Waals surface area contributed by atoms with E-state index in [1.807, 2.05) is 45.0 Å². The molecule has 0 radical (unpaired) electrons. The normalized spacial score (nSPS) is 10.6. The lowest BCUT2D eigenvalue weighted by Crippen LogP contribution is -2.04. The fraction of sp³-hybridized carbons (Fsp3) is 0.267. The number of carbonyl (C=O) groups excluding carboxylic acids is 1. The molecule has 2 aromatic rings. The average molecular weight is 260 g/mol. The van der Waals surface area contributed by atoms with Crippen LogP contribution in [0.5, 0.6) is 0 Å². The van der Waals surface area contributed by atoms with E-state index in [1.165, 1.54) is 17.3 Å². The molecule has 1 heterocycles. The summed E-state index contributed by atoms with van der Waals surface area (Å²) >= 11 is 1.53. The van der Waals surface area contributed by atoms with E-state index in [1.54, 1.807) is 6.26 Å². The molecule has 0 amide bonds. The Labute approximate surface area is 111 Å². The average Bonchev–Trinajstić information content (AvgIpc) is 2.72. The van der Waals surface area contributed by atoms with Crippen molar-refractivity contribution in [1.82, 2.24) is 0 Å². The number of furan rings is 1. The van der Waals surface area contributed by atoms with Crippen molar-refractivity contribution in [3.05, 3.63) is 53.0 Å². The summed E-state index contributed by atoms with van der Waals surface area (Å²) in [6, 6.07) is 7.83. The molecule has 0 atom stereocenters. The number of carbonyl (C=O) groups is 1. The van der Waals surface area contributed by atoms with Gasteiger partial charge in [0.05, 0.1) is 12.0 Å². The summed E-state index contributed by atoms with van der Waals surface area (Å²) in [5.74, 6) is 1.48. The zero-order chi connectivity index (χ0) is 13.1. The predicted octanol–water partition coefficient (Wildman–Crippen LogP) is 4.18. The maximum atomic E-state index is 12.1. The summed E-state index contributed by atoms with van der Waals surface area (Å²) in [4.78, 5) is 13.2. The van der Waals surface area contributed by atoms with Gasteiger partial charge in [0.25, 0.3) is 0 Å². The van der Waals surface area contributed by atoms with Gasteiger partial charge in [0, 0.05) is 10.5 Å². The highest BCUT2D eigenvalue weighted by Crippen LogP contribution is 2.24. The van der Waals surface area contributed by atoms with Crippen molar-refractivity contribution in [3.8, 4) is 0 Å². The number of hydrogen-bond donors (Lipinski definition) is 0. The minimum Gasteiger partial charge on any atom is -0.468 e. The fourth-order valence-electron chi connectivity index (χ4n) is 1.87. The number of aryl methyl sites for hydroxylation is 3. The standard InChI is InChI=1S/C15H16O2S/c1-10-4-5-13(11(2)8-10)14(16)9-18-15-6-7-17-12(15)3/h4-8H,9H2,1-3H3. The third-order valence-corrected chi connectivity index (χ3v) is 3.99. The number of hydrogen-bond acceptors (Lipinski definition) is 3. The van der Waals surface area contributed by atoms with Crippen LogP contribution in [-0.4, -0.2) is 11.5 Å². The first-order chi connectivity index (χ1) is 8.58. The lowest BCUT2D eigenvalue weighted by Gasteiger charge is -2.05. The van der Waals surface area contributed by atoms with Crippen LogP contribution < -0.4 is 0 Å². The molecule has 0 aliphatic heterocycles. The van der Waals surface area contributed by atoms with E-state index >= 15 is 0 Å². The molecule has 0 aliphatic rings. The van der Waals surface area contributed by atoms with Gasteiger partial charge in [-0.3, -0.25) is 4.79 Å². The Morgan fingerprint density at radius 3 is 2.61 bits per heavy atom. The van der Waals surface area contributed by atoms with Crippen molar-refractivity contribution in [1.29, 1.82) is 0 Å². The van der Waals surface area contributed by atoms with Gasteiger partial charge in [-0.1, -0.05) is 23.8 Å². The quantitative estimate of drug-likeness (QED) is 0.610. The highest BCUT2D eigenvalue weighted by atomic mass is 32.2. The molecular weight excluding hydrogens is 244 g/mol. The van der Waals surface area contributed by atoms with Gasteiger partial charge >= 0.3 is 0 Å². The van der Waals surface area contributed by atoms with Crippen LogP contribution in [0.1, 0.15) is 27.2 Å². The fourth-order valence-corrected chi connectivity index (χ4v) is 2.72. The Morgan fingerprint density at radius 1 is 1.22 bits per heavy atom. The highest BCUT2D eigenvalue weighted by Gasteiger charge is 2.11. The Morgan fingerprint density at radius 2 is 2.00 bits per heavy atom. The molecule has 0 fully saturated rings. The van der Waals surface area contributed by atoms with Crippen molar-refractivity contribution in [3.63, 3.8) is 0 Å². The Hall–Kier alpha value is -1.48. The first kappa shape index (κ1) is 13.0. The highest BCUT2D eigenvalue weighted by molar-refractivity contribution is 8.00. The minimum atomic E-state index is 0.165. The van der Waals surface area contributed by atoms with Crippen LogP contribution in [0.15, 0.2) is 39.8 Å². The molecule has 0 bridgehead atoms. The third kappa shape index (κ3) is 2.85. The SMILES string of the molecule is Cc1ccc(C(=O)CSc2ccoc2C)c(C)c1. The van der Waals surface area contributed by atoms with E-state index in [0.29, 0.717) is 5.75 Å². The topological polar surface area (TPSA) is 30.2 Å². The third-order valence-electron chi connectivity index (χ3n) is 2.85. The molecule has 94 valence electrons. The van der Waals surface area contributed by atoms with Crippen LogP contribution in [-0.2, 0) is 0 Å². The second-order valence-electron chi connectivity index (χ2n) is 4.37. The molecule has 2 nitrogen and oxygen atoms in total.